The first kappa shape index (κ1) is 20.8. The van der Waals surface area contributed by atoms with Gasteiger partial charge in [0.05, 0.1) is 17.5 Å². The van der Waals surface area contributed by atoms with Crippen LogP contribution in [0.25, 0.3) is 11.4 Å². The van der Waals surface area contributed by atoms with E-state index >= 15 is 0 Å². The standard InChI is InChI=1S/C22H22Cl2N4O2/c1-27(17-7-3-2-4-8-17)22(29)15-6-5-11-28(13-15)14-20-25-21(26-30-20)18-10-9-16(23)12-19(18)24/h2-4,7-10,12,15H,5-6,11,13-14H2,1H3. The maximum atomic E-state index is 13.0. The molecule has 1 aliphatic rings. The molecule has 156 valence electrons. The van der Waals surface area contributed by atoms with Crippen LogP contribution in [0.2, 0.25) is 10.0 Å². The van der Waals surface area contributed by atoms with E-state index < -0.39 is 0 Å². The lowest BCUT2D eigenvalue weighted by Crippen LogP contribution is -2.43. The highest BCUT2D eigenvalue weighted by atomic mass is 35.5. The van der Waals surface area contributed by atoms with Crippen molar-refractivity contribution in [2.45, 2.75) is 19.4 Å². The third kappa shape index (κ3) is 4.67. The summed E-state index contributed by atoms with van der Waals surface area (Å²) in [4.78, 5) is 21.4. The van der Waals surface area contributed by atoms with Crippen LogP contribution >= 0.6 is 23.2 Å². The van der Waals surface area contributed by atoms with Gasteiger partial charge in [-0.25, -0.2) is 0 Å². The third-order valence-corrected chi connectivity index (χ3v) is 5.88. The third-order valence-electron chi connectivity index (χ3n) is 5.33. The average Bonchev–Trinajstić information content (AvgIpc) is 3.21. The van der Waals surface area contributed by atoms with E-state index in [1.54, 1.807) is 23.1 Å². The second-order valence-electron chi connectivity index (χ2n) is 7.44. The van der Waals surface area contributed by atoms with Crippen LogP contribution in [0.3, 0.4) is 0 Å². The number of hydrogen-bond acceptors (Lipinski definition) is 5. The number of halogens is 2. The summed E-state index contributed by atoms with van der Waals surface area (Å²) >= 11 is 12.2. The molecule has 30 heavy (non-hydrogen) atoms. The summed E-state index contributed by atoms with van der Waals surface area (Å²) in [5.41, 5.74) is 1.58. The highest BCUT2D eigenvalue weighted by Gasteiger charge is 2.29. The number of benzene rings is 2. The van der Waals surface area contributed by atoms with Gasteiger partial charge < -0.3 is 9.42 Å². The van der Waals surface area contributed by atoms with Crippen molar-refractivity contribution in [1.29, 1.82) is 0 Å². The molecule has 1 saturated heterocycles. The number of anilines is 1. The molecule has 0 N–H and O–H groups in total. The number of para-hydroxylation sites is 1. The molecule has 0 aliphatic carbocycles. The predicted octanol–water partition coefficient (Wildman–Crippen LogP) is 4.92. The molecule has 2 aromatic carbocycles. The van der Waals surface area contributed by atoms with Crippen LogP contribution in [-0.4, -0.2) is 41.1 Å². The van der Waals surface area contributed by atoms with Crippen molar-refractivity contribution in [1.82, 2.24) is 15.0 Å². The first-order chi connectivity index (χ1) is 14.5. The molecular formula is C22H22Cl2N4O2. The van der Waals surface area contributed by atoms with E-state index in [2.05, 4.69) is 15.0 Å². The molecule has 1 unspecified atom stereocenters. The number of carbonyl (C=O) groups is 1. The molecule has 0 bridgehead atoms. The zero-order valence-corrected chi connectivity index (χ0v) is 18.1. The van der Waals surface area contributed by atoms with Crippen molar-refractivity contribution >= 4 is 34.8 Å². The van der Waals surface area contributed by atoms with Crippen LogP contribution in [0.5, 0.6) is 0 Å². The Morgan fingerprint density at radius 1 is 1.23 bits per heavy atom. The quantitative estimate of drug-likeness (QED) is 0.558. The highest BCUT2D eigenvalue weighted by molar-refractivity contribution is 6.36. The van der Waals surface area contributed by atoms with E-state index in [1.165, 1.54) is 0 Å². The Bertz CT molecular complexity index is 1020. The topological polar surface area (TPSA) is 62.5 Å². The molecule has 8 heteroatoms. The number of aromatic nitrogens is 2. The van der Waals surface area contributed by atoms with Crippen LogP contribution < -0.4 is 4.90 Å². The first-order valence-corrected chi connectivity index (χ1v) is 10.6. The van der Waals surface area contributed by atoms with Gasteiger partial charge in [-0.1, -0.05) is 46.6 Å². The molecular weight excluding hydrogens is 423 g/mol. The highest BCUT2D eigenvalue weighted by Crippen LogP contribution is 2.29. The fourth-order valence-electron chi connectivity index (χ4n) is 3.74. The molecule has 1 aliphatic heterocycles. The minimum Gasteiger partial charge on any atom is -0.338 e. The summed E-state index contributed by atoms with van der Waals surface area (Å²) in [6, 6.07) is 14.9. The molecule has 0 saturated carbocycles. The van der Waals surface area contributed by atoms with Crippen molar-refractivity contribution in [3.63, 3.8) is 0 Å². The summed E-state index contributed by atoms with van der Waals surface area (Å²) in [6.45, 7) is 2.05. The average molecular weight is 445 g/mol. The lowest BCUT2D eigenvalue weighted by Gasteiger charge is -2.33. The largest absolute Gasteiger partial charge is 0.338 e. The molecule has 1 aromatic heterocycles. The van der Waals surface area contributed by atoms with E-state index in [1.807, 2.05) is 37.4 Å². The van der Waals surface area contributed by atoms with Crippen LogP contribution in [0.1, 0.15) is 18.7 Å². The Labute approximate surface area is 185 Å². The number of piperidine rings is 1. The molecule has 6 nitrogen and oxygen atoms in total. The molecule has 0 radical (unpaired) electrons. The fourth-order valence-corrected chi connectivity index (χ4v) is 4.24. The second-order valence-corrected chi connectivity index (χ2v) is 8.29. The van der Waals surface area contributed by atoms with Crippen LogP contribution in [0.15, 0.2) is 53.1 Å². The molecule has 3 aromatic rings. The molecule has 0 spiro atoms. The normalized spacial score (nSPS) is 17.1. The summed E-state index contributed by atoms with van der Waals surface area (Å²) in [7, 11) is 1.83. The van der Waals surface area contributed by atoms with Crippen LogP contribution in [0, 0.1) is 5.92 Å². The van der Waals surface area contributed by atoms with Crippen molar-refractivity contribution in [3.05, 3.63) is 64.5 Å². The first-order valence-electron chi connectivity index (χ1n) is 9.84. The molecule has 1 fully saturated rings. The molecule has 4 rings (SSSR count). The minimum atomic E-state index is -0.0583. The van der Waals surface area contributed by atoms with Crippen LogP contribution in [-0.2, 0) is 11.3 Å². The van der Waals surface area contributed by atoms with Gasteiger partial charge in [0.15, 0.2) is 0 Å². The van der Waals surface area contributed by atoms with Crippen LogP contribution in [0.4, 0.5) is 5.69 Å². The second kappa shape index (κ2) is 9.16. The van der Waals surface area contributed by atoms with Gasteiger partial charge in [0.1, 0.15) is 0 Å². The van der Waals surface area contributed by atoms with E-state index in [0.717, 1.165) is 25.1 Å². The summed E-state index contributed by atoms with van der Waals surface area (Å²) in [6.07, 6.45) is 1.82. The van der Waals surface area contributed by atoms with Gasteiger partial charge in [0.2, 0.25) is 17.6 Å². The van der Waals surface area contributed by atoms with E-state index in [-0.39, 0.29) is 11.8 Å². The maximum Gasteiger partial charge on any atom is 0.241 e. The zero-order chi connectivity index (χ0) is 21.1. The van der Waals surface area contributed by atoms with Crippen molar-refractivity contribution in [2.75, 3.05) is 25.0 Å². The number of carbonyl (C=O) groups excluding carboxylic acids is 1. The Morgan fingerprint density at radius 3 is 2.80 bits per heavy atom. The summed E-state index contributed by atoms with van der Waals surface area (Å²) < 4.78 is 5.43. The molecule has 1 atom stereocenters. The van der Waals surface area contributed by atoms with E-state index in [9.17, 15) is 4.79 Å². The molecule has 1 amide bonds. The lowest BCUT2D eigenvalue weighted by atomic mass is 9.96. The van der Waals surface area contributed by atoms with Gasteiger partial charge in [-0.05, 0) is 49.7 Å². The number of amides is 1. The summed E-state index contributed by atoms with van der Waals surface area (Å²) in [5.74, 6) is 1.00. The van der Waals surface area contributed by atoms with Gasteiger partial charge in [-0.15, -0.1) is 0 Å². The Kier molecular flexibility index (Phi) is 6.37. The predicted molar refractivity (Wildman–Crippen MR) is 118 cm³/mol. The van der Waals surface area contributed by atoms with E-state index in [4.69, 9.17) is 27.7 Å². The summed E-state index contributed by atoms with van der Waals surface area (Å²) in [5, 5.41) is 5.08. The Balaban J connectivity index is 1.41. The molecule has 2 heterocycles. The Hall–Kier alpha value is -2.41. The lowest BCUT2D eigenvalue weighted by molar-refractivity contribution is -0.123. The van der Waals surface area contributed by atoms with Gasteiger partial charge in [-0.3, -0.25) is 9.69 Å². The smallest absolute Gasteiger partial charge is 0.241 e. The monoisotopic (exact) mass is 444 g/mol. The van der Waals surface area contributed by atoms with Crippen molar-refractivity contribution in [2.24, 2.45) is 5.92 Å². The van der Waals surface area contributed by atoms with E-state index in [0.29, 0.717) is 40.4 Å². The van der Waals surface area contributed by atoms with Gasteiger partial charge in [-0.2, -0.15) is 4.98 Å². The number of rotatable bonds is 5. The minimum absolute atomic E-state index is 0.0583. The number of hydrogen-bond donors (Lipinski definition) is 0. The fraction of sp³-hybridized carbons (Fsp3) is 0.318. The Morgan fingerprint density at radius 2 is 2.03 bits per heavy atom. The SMILES string of the molecule is CN(C(=O)C1CCCN(Cc2nc(-c3ccc(Cl)cc3Cl)no2)C1)c1ccccc1. The van der Waals surface area contributed by atoms with Gasteiger partial charge in [0.25, 0.3) is 0 Å². The van der Waals surface area contributed by atoms with Gasteiger partial charge >= 0.3 is 0 Å². The number of likely N-dealkylation sites (tertiary alicyclic amines) is 1. The zero-order valence-electron chi connectivity index (χ0n) is 16.6. The number of nitrogens with zero attached hydrogens (tertiary/aromatic N) is 4. The van der Waals surface area contributed by atoms with Crippen molar-refractivity contribution in [3.8, 4) is 11.4 Å². The van der Waals surface area contributed by atoms with Crippen molar-refractivity contribution < 1.29 is 9.32 Å². The van der Waals surface area contributed by atoms with Gasteiger partial charge in [0, 0.05) is 29.9 Å². The maximum absolute atomic E-state index is 13.0.